The van der Waals surface area contributed by atoms with E-state index in [1.807, 2.05) is 17.0 Å². The van der Waals surface area contributed by atoms with E-state index in [9.17, 15) is 4.79 Å². The van der Waals surface area contributed by atoms with Gasteiger partial charge in [0.15, 0.2) is 5.65 Å². The van der Waals surface area contributed by atoms with E-state index in [2.05, 4.69) is 20.2 Å². The molecule has 0 bridgehead atoms. The van der Waals surface area contributed by atoms with Crippen molar-refractivity contribution in [1.82, 2.24) is 24.7 Å². The Hall–Kier alpha value is -2.18. The molecule has 0 aromatic carbocycles. The number of carbonyl (C=O) groups is 1. The molecule has 4 rings (SSSR count). The van der Waals surface area contributed by atoms with Gasteiger partial charge in [0.25, 0.3) is 0 Å². The van der Waals surface area contributed by atoms with Gasteiger partial charge >= 0.3 is 0 Å². The van der Waals surface area contributed by atoms with Gasteiger partial charge in [0.1, 0.15) is 12.1 Å². The Kier molecular flexibility index (Phi) is 3.85. The molecule has 1 aliphatic carbocycles. The lowest BCUT2D eigenvalue weighted by Crippen LogP contribution is -2.50. The molecule has 122 valence electrons. The van der Waals surface area contributed by atoms with E-state index >= 15 is 0 Å². The lowest BCUT2D eigenvalue weighted by atomic mass is 9.88. The van der Waals surface area contributed by atoms with Crippen LogP contribution >= 0.6 is 0 Å². The highest BCUT2D eigenvalue weighted by Gasteiger charge is 2.28. The van der Waals surface area contributed by atoms with Gasteiger partial charge in [-0.3, -0.25) is 4.79 Å². The zero-order valence-corrected chi connectivity index (χ0v) is 13.3. The van der Waals surface area contributed by atoms with Crippen molar-refractivity contribution in [2.45, 2.75) is 32.1 Å². The molecule has 0 radical (unpaired) electrons. The lowest BCUT2D eigenvalue weighted by Gasteiger charge is -2.37. The average Bonchev–Trinajstić information content (AvgIpc) is 3.10. The highest BCUT2D eigenvalue weighted by molar-refractivity contribution is 5.79. The van der Waals surface area contributed by atoms with Crippen LogP contribution in [0.25, 0.3) is 5.65 Å². The normalized spacial score (nSPS) is 20.2. The number of carbonyl (C=O) groups excluding carboxylic acids is 1. The van der Waals surface area contributed by atoms with Gasteiger partial charge in [0.2, 0.25) is 5.91 Å². The molecule has 3 heterocycles. The summed E-state index contributed by atoms with van der Waals surface area (Å²) in [7, 11) is 0. The van der Waals surface area contributed by atoms with Gasteiger partial charge in [0.05, 0.1) is 0 Å². The SMILES string of the molecule is O=C(C1CCCCC1)N1CCN(c2ccc3nncn3n2)CC1. The fourth-order valence-electron chi connectivity index (χ4n) is 3.65. The van der Waals surface area contributed by atoms with Crippen molar-refractivity contribution < 1.29 is 4.79 Å². The van der Waals surface area contributed by atoms with Crippen LogP contribution < -0.4 is 4.90 Å². The van der Waals surface area contributed by atoms with E-state index in [-0.39, 0.29) is 5.92 Å². The maximum atomic E-state index is 12.6. The number of hydrogen-bond acceptors (Lipinski definition) is 5. The maximum absolute atomic E-state index is 12.6. The van der Waals surface area contributed by atoms with E-state index in [1.165, 1.54) is 19.3 Å². The molecule has 0 unspecified atom stereocenters. The molecule has 0 spiro atoms. The molecule has 2 aromatic heterocycles. The van der Waals surface area contributed by atoms with E-state index < -0.39 is 0 Å². The largest absolute Gasteiger partial charge is 0.352 e. The maximum Gasteiger partial charge on any atom is 0.225 e. The van der Waals surface area contributed by atoms with E-state index in [0.717, 1.165) is 50.5 Å². The minimum absolute atomic E-state index is 0.266. The first-order valence-corrected chi connectivity index (χ1v) is 8.52. The highest BCUT2D eigenvalue weighted by atomic mass is 16.2. The molecule has 7 heteroatoms. The van der Waals surface area contributed by atoms with Crippen LogP contribution in [0.5, 0.6) is 0 Å². The minimum atomic E-state index is 0.266. The van der Waals surface area contributed by atoms with Crippen LogP contribution in [0.2, 0.25) is 0 Å². The zero-order chi connectivity index (χ0) is 15.6. The van der Waals surface area contributed by atoms with Gasteiger partial charge in [-0.15, -0.1) is 15.3 Å². The van der Waals surface area contributed by atoms with Crippen molar-refractivity contribution in [1.29, 1.82) is 0 Å². The van der Waals surface area contributed by atoms with E-state index in [1.54, 1.807) is 10.8 Å². The second kappa shape index (κ2) is 6.14. The predicted molar refractivity (Wildman–Crippen MR) is 86.2 cm³/mol. The number of aromatic nitrogens is 4. The summed E-state index contributed by atoms with van der Waals surface area (Å²) in [6, 6.07) is 3.90. The quantitative estimate of drug-likeness (QED) is 0.837. The average molecular weight is 314 g/mol. The first-order valence-electron chi connectivity index (χ1n) is 8.52. The van der Waals surface area contributed by atoms with Gasteiger partial charge < -0.3 is 9.80 Å². The molecular weight excluding hydrogens is 292 g/mol. The smallest absolute Gasteiger partial charge is 0.225 e. The van der Waals surface area contributed by atoms with Gasteiger partial charge in [-0.1, -0.05) is 19.3 Å². The molecule has 1 saturated carbocycles. The third-order valence-electron chi connectivity index (χ3n) is 5.02. The highest BCUT2D eigenvalue weighted by Crippen LogP contribution is 2.26. The molecule has 2 fully saturated rings. The Morgan fingerprint density at radius 3 is 2.61 bits per heavy atom. The molecule has 2 aliphatic rings. The number of amides is 1. The third kappa shape index (κ3) is 2.87. The molecular formula is C16H22N6O. The summed E-state index contributed by atoms with van der Waals surface area (Å²) in [5.41, 5.74) is 0.750. The van der Waals surface area contributed by atoms with Crippen LogP contribution in [0, 0.1) is 5.92 Å². The van der Waals surface area contributed by atoms with E-state index in [4.69, 9.17) is 0 Å². The topological polar surface area (TPSA) is 66.6 Å². The number of piperazine rings is 1. The molecule has 0 N–H and O–H groups in total. The van der Waals surface area contributed by atoms with Crippen molar-refractivity contribution in [3.05, 3.63) is 18.5 Å². The Balaban J connectivity index is 1.39. The predicted octanol–water partition coefficient (Wildman–Crippen LogP) is 1.35. The second-order valence-corrected chi connectivity index (χ2v) is 6.47. The first-order chi connectivity index (χ1) is 11.3. The first kappa shape index (κ1) is 14.4. The molecule has 7 nitrogen and oxygen atoms in total. The number of nitrogens with zero attached hydrogens (tertiary/aromatic N) is 6. The van der Waals surface area contributed by atoms with Crippen LogP contribution in [0.15, 0.2) is 18.5 Å². The van der Waals surface area contributed by atoms with Crippen LogP contribution in [-0.2, 0) is 4.79 Å². The number of anilines is 1. The number of rotatable bonds is 2. The summed E-state index contributed by atoms with van der Waals surface area (Å²) in [5, 5.41) is 12.4. The second-order valence-electron chi connectivity index (χ2n) is 6.47. The van der Waals surface area contributed by atoms with Crippen molar-refractivity contribution >= 4 is 17.4 Å². The third-order valence-corrected chi connectivity index (χ3v) is 5.02. The Bertz CT molecular complexity index is 685. The van der Waals surface area contributed by atoms with Crippen LogP contribution in [0.4, 0.5) is 5.82 Å². The summed E-state index contributed by atoms with van der Waals surface area (Å²) >= 11 is 0. The summed E-state index contributed by atoms with van der Waals surface area (Å²) < 4.78 is 1.69. The lowest BCUT2D eigenvalue weighted by molar-refractivity contribution is -0.136. The van der Waals surface area contributed by atoms with Crippen molar-refractivity contribution in [2.75, 3.05) is 31.1 Å². The van der Waals surface area contributed by atoms with E-state index in [0.29, 0.717) is 5.91 Å². The van der Waals surface area contributed by atoms with Gasteiger partial charge in [-0.2, -0.15) is 4.52 Å². The van der Waals surface area contributed by atoms with Crippen LogP contribution in [-0.4, -0.2) is 56.8 Å². The van der Waals surface area contributed by atoms with Gasteiger partial charge in [0, 0.05) is 32.1 Å². The monoisotopic (exact) mass is 314 g/mol. The minimum Gasteiger partial charge on any atom is -0.352 e. The Morgan fingerprint density at radius 1 is 1.04 bits per heavy atom. The summed E-state index contributed by atoms with van der Waals surface area (Å²) in [6.45, 7) is 3.24. The van der Waals surface area contributed by atoms with Gasteiger partial charge in [-0.25, -0.2) is 0 Å². The Labute approximate surface area is 135 Å². The molecule has 1 saturated heterocycles. The Morgan fingerprint density at radius 2 is 1.83 bits per heavy atom. The number of hydrogen-bond donors (Lipinski definition) is 0. The molecule has 23 heavy (non-hydrogen) atoms. The summed E-state index contributed by atoms with van der Waals surface area (Å²) in [6.07, 6.45) is 7.46. The summed E-state index contributed by atoms with van der Waals surface area (Å²) in [4.78, 5) is 16.9. The zero-order valence-electron chi connectivity index (χ0n) is 13.3. The van der Waals surface area contributed by atoms with Crippen molar-refractivity contribution in [2.24, 2.45) is 5.92 Å². The molecule has 1 amide bonds. The fourth-order valence-corrected chi connectivity index (χ4v) is 3.65. The fraction of sp³-hybridized carbons (Fsp3) is 0.625. The molecule has 0 atom stereocenters. The standard InChI is InChI=1S/C16H22N6O/c23-16(13-4-2-1-3-5-13)21-10-8-20(9-11-21)15-7-6-14-18-17-12-22(14)19-15/h6-7,12-13H,1-5,8-11H2. The van der Waals surface area contributed by atoms with Crippen molar-refractivity contribution in [3.8, 4) is 0 Å². The number of fused-ring (bicyclic) bond motifs is 1. The molecule has 1 aliphatic heterocycles. The van der Waals surface area contributed by atoms with Crippen molar-refractivity contribution in [3.63, 3.8) is 0 Å². The van der Waals surface area contributed by atoms with Gasteiger partial charge in [-0.05, 0) is 25.0 Å². The summed E-state index contributed by atoms with van der Waals surface area (Å²) in [5.74, 6) is 1.55. The van der Waals surface area contributed by atoms with Crippen LogP contribution in [0.1, 0.15) is 32.1 Å². The molecule has 2 aromatic rings. The van der Waals surface area contributed by atoms with Crippen LogP contribution in [0.3, 0.4) is 0 Å².